The molecule has 5 heteroatoms. The number of hydrogen-bond donors (Lipinski definition) is 3. The van der Waals surface area contributed by atoms with Crippen molar-refractivity contribution in [2.75, 3.05) is 13.2 Å². The van der Waals surface area contributed by atoms with E-state index in [0.717, 1.165) is 5.69 Å². The number of nitrogens with zero attached hydrogens (tertiary/aromatic N) is 1. The molecule has 5 nitrogen and oxygen atoms in total. The number of hydrogen-bond acceptors (Lipinski definition) is 5. The molecule has 0 aliphatic heterocycles. The van der Waals surface area contributed by atoms with E-state index in [1.165, 1.54) is 0 Å². The standard InChI is InChI=1S/C10H15NO4/c12-5-9(13)10(14)7-15-6-8-3-1-2-4-11-8/h1-4,9-10,12-14H,5-7H2. The van der Waals surface area contributed by atoms with Crippen molar-refractivity contribution in [3.8, 4) is 0 Å². The van der Waals surface area contributed by atoms with Gasteiger partial charge in [0.25, 0.3) is 0 Å². The topological polar surface area (TPSA) is 82.8 Å². The van der Waals surface area contributed by atoms with Gasteiger partial charge in [-0.15, -0.1) is 0 Å². The van der Waals surface area contributed by atoms with Crippen LogP contribution in [0.15, 0.2) is 24.4 Å². The third-order valence-electron chi connectivity index (χ3n) is 1.90. The zero-order chi connectivity index (χ0) is 11.1. The van der Waals surface area contributed by atoms with E-state index in [-0.39, 0.29) is 13.2 Å². The predicted octanol–water partition coefficient (Wildman–Crippen LogP) is -0.688. The molecule has 0 aliphatic rings. The Kier molecular flexibility index (Phi) is 5.20. The quantitative estimate of drug-likeness (QED) is 0.582. The second-order valence-electron chi connectivity index (χ2n) is 3.15. The predicted molar refractivity (Wildman–Crippen MR) is 53.0 cm³/mol. The summed E-state index contributed by atoms with van der Waals surface area (Å²) in [5.41, 5.74) is 0.753. The third kappa shape index (κ3) is 4.35. The van der Waals surface area contributed by atoms with Crippen LogP contribution >= 0.6 is 0 Å². The van der Waals surface area contributed by atoms with E-state index in [1.807, 2.05) is 6.07 Å². The van der Waals surface area contributed by atoms with Crippen molar-refractivity contribution < 1.29 is 20.1 Å². The van der Waals surface area contributed by atoms with Gasteiger partial charge in [0, 0.05) is 6.20 Å². The summed E-state index contributed by atoms with van der Waals surface area (Å²) < 4.78 is 5.12. The van der Waals surface area contributed by atoms with Gasteiger partial charge in [-0.1, -0.05) is 6.07 Å². The molecule has 2 unspecified atom stereocenters. The molecule has 0 bridgehead atoms. The maximum Gasteiger partial charge on any atom is 0.105 e. The van der Waals surface area contributed by atoms with E-state index in [0.29, 0.717) is 0 Å². The van der Waals surface area contributed by atoms with E-state index >= 15 is 0 Å². The number of aliphatic hydroxyl groups excluding tert-OH is 3. The van der Waals surface area contributed by atoms with Crippen LogP contribution in [0.25, 0.3) is 0 Å². The van der Waals surface area contributed by atoms with Crippen molar-refractivity contribution in [2.45, 2.75) is 18.8 Å². The van der Waals surface area contributed by atoms with Crippen LogP contribution in [0.3, 0.4) is 0 Å². The maximum atomic E-state index is 9.24. The SMILES string of the molecule is OCC(O)C(O)COCc1ccccn1. The van der Waals surface area contributed by atoms with E-state index in [4.69, 9.17) is 14.9 Å². The highest BCUT2D eigenvalue weighted by molar-refractivity contribution is 5.01. The molecule has 84 valence electrons. The van der Waals surface area contributed by atoms with Gasteiger partial charge in [0.15, 0.2) is 0 Å². The fourth-order valence-corrected chi connectivity index (χ4v) is 1.00. The lowest BCUT2D eigenvalue weighted by atomic mass is 10.2. The summed E-state index contributed by atoms with van der Waals surface area (Å²) in [4.78, 5) is 4.02. The normalized spacial score (nSPS) is 14.9. The Balaban J connectivity index is 2.22. The van der Waals surface area contributed by atoms with Gasteiger partial charge in [-0.3, -0.25) is 4.98 Å². The van der Waals surface area contributed by atoms with Crippen LogP contribution < -0.4 is 0 Å². The molecule has 0 spiro atoms. The number of pyridine rings is 1. The lowest BCUT2D eigenvalue weighted by Gasteiger charge is -2.15. The highest BCUT2D eigenvalue weighted by Gasteiger charge is 2.14. The highest BCUT2D eigenvalue weighted by Crippen LogP contribution is 1.99. The van der Waals surface area contributed by atoms with E-state index in [2.05, 4.69) is 4.98 Å². The molecule has 1 aromatic rings. The Morgan fingerprint density at radius 2 is 2.07 bits per heavy atom. The minimum atomic E-state index is -1.16. The van der Waals surface area contributed by atoms with Crippen molar-refractivity contribution in [3.05, 3.63) is 30.1 Å². The van der Waals surface area contributed by atoms with Crippen LogP contribution in [-0.4, -0.2) is 45.7 Å². The first kappa shape index (κ1) is 12.1. The fraction of sp³-hybridized carbons (Fsp3) is 0.500. The molecule has 0 saturated carbocycles. The monoisotopic (exact) mass is 213 g/mol. The van der Waals surface area contributed by atoms with Crippen LogP contribution in [-0.2, 0) is 11.3 Å². The summed E-state index contributed by atoms with van der Waals surface area (Å²) in [5, 5.41) is 26.8. The van der Waals surface area contributed by atoms with Crippen LogP contribution in [0, 0.1) is 0 Å². The lowest BCUT2D eigenvalue weighted by molar-refractivity contribution is -0.0604. The molecule has 2 atom stereocenters. The molecule has 1 aromatic heterocycles. The Morgan fingerprint density at radius 3 is 2.67 bits per heavy atom. The number of rotatable bonds is 6. The molecular formula is C10H15NO4. The largest absolute Gasteiger partial charge is 0.394 e. The molecule has 0 amide bonds. The van der Waals surface area contributed by atoms with E-state index < -0.39 is 18.8 Å². The molecular weight excluding hydrogens is 198 g/mol. The van der Waals surface area contributed by atoms with Gasteiger partial charge >= 0.3 is 0 Å². The van der Waals surface area contributed by atoms with Crippen molar-refractivity contribution >= 4 is 0 Å². The molecule has 0 fully saturated rings. The van der Waals surface area contributed by atoms with E-state index in [1.54, 1.807) is 18.3 Å². The number of aliphatic hydroxyl groups is 3. The molecule has 1 heterocycles. The Bertz CT molecular complexity index is 267. The molecule has 0 aliphatic carbocycles. The third-order valence-corrected chi connectivity index (χ3v) is 1.90. The zero-order valence-electron chi connectivity index (χ0n) is 8.28. The van der Waals surface area contributed by atoms with Crippen molar-refractivity contribution in [2.24, 2.45) is 0 Å². The Labute approximate surface area is 88.0 Å². The first-order chi connectivity index (χ1) is 7.24. The summed E-state index contributed by atoms with van der Waals surface area (Å²) in [5.74, 6) is 0. The average Bonchev–Trinajstić information content (AvgIpc) is 2.29. The lowest BCUT2D eigenvalue weighted by Crippen LogP contribution is -2.33. The molecule has 0 aromatic carbocycles. The van der Waals surface area contributed by atoms with Crippen LogP contribution in [0.5, 0.6) is 0 Å². The van der Waals surface area contributed by atoms with Crippen molar-refractivity contribution in [1.82, 2.24) is 4.98 Å². The second-order valence-corrected chi connectivity index (χ2v) is 3.15. The summed E-state index contributed by atoms with van der Waals surface area (Å²) in [6.45, 7) is -0.234. The maximum absolute atomic E-state index is 9.24. The smallest absolute Gasteiger partial charge is 0.105 e. The number of aromatic nitrogens is 1. The summed E-state index contributed by atoms with van der Waals surface area (Å²) >= 11 is 0. The van der Waals surface area contributed by atoms with Gasteiger partial charge in [0.2, 0.25) is 0 Å². The summed E-state index contributed by atoms with van der Waals surface area (Å²) in [7, 11) is 0. The van der Waals surface area contributed by atoms with Gasteiger partial charge in [0.05, 0.1) is 25.5 Å². The van der Waals surface area contributed by atoms with Gasteiger partial charge in [-0.05, 0) is 12.1 Å². The Hall–Kier alpha value is -1.01. The highest BCUT2D eigenvalue weighted by atomic mass is 16.5. The molecule has 0 saturated heterocycles. The van der Waals surface area contributed by atoms with Gasteiger partial charge in [0.1, 0.15) is 12.2 Å². The molecule has 0 radical (unpaired) electrons. The molecule has 3 N–H and O–H groups in total. The Morgan fingerprint density at radius 1 is 1.27 bits per heavy atom. The van der Waals surface area contributed by atoms with Gasteiger partial charge in [-0.2, -0.15) is 0 Å². The number of ether oxygens (including phenoxy) is 1. The van der Waals surface area contributed by atoms with Crippen molar-refractivity contribution in [1.29, 1.82) is 0 Å². The minimum Gasteiger partial charge on any atom is -0.394 e. The molecule has 15 heavy (non-hydrogen) atoms. The average molecular weight is 213 g/mol. The van der Waals surface area contributed by atoms with Gasteiger partial charge in [-0.25, -0.2) is 0 Å². The van der Waals surface area contributed by atoms with Crippen molar-refractivity contribution in [3.63, 3.8) is 0 Å². The molecule has 1 rings (SSSR count). The fourth-order valence-electron chi connectivity index (χ4n) is 1.00. The first-order valence-corrected chi connectivity index (χ1v) is 4.68. The first-order valence-electron chi connectivity index (χ1n) is 4.68. The summed E-state index contributed by atoms with van der Waals surface area (Å²) in [6, 6.07) is 5.44. The minimum absolute atomic E-state index is 0.0295. The zero-order valence-corrected chi connectivity index (χ0v) is 8.28. The van der Waals surface area contributed by atoms with Crippen LogP contribution in [0.2, 0.25) is 0 Å². The van der Waals surface area contributed by atoms with Gasteiger partial charge < -0.3 is 20.1 Å². The second kappa shape index (κ2) is 6.47. The summed E-state index contributed by atoms with van der Waals surface area (Å²) in [6.07, 6.45) is -0.579. The van der Waals surface area contributed by atoms with Crippen LogP contribution in [0.4, 0.5) is 0 Å². The van der Waals surface area contributed by atoms with Crippen LogP contribution in [0.1, 0.15) is 5.69 Å². The van der Waals surface area contributed by atoms with E-state index in [9.17, 15) is 5.11 Å².